The SMILES string of the molecule is C[C@@H](NC(=O)OC(C)(C)C)C(=O)N[C@H](C)C(=O)Oc1c(Cl)c(Cl)c(Cl)c(Cl)c1Cl. The first-order valence-corrected chi connectivity index (χ1v) is 10.1. The maximum Gasteiger partial charge on any atom is 0.408 e. The summed E-state index contributed by atoms with van der Waals surface area (Å²) < 4.78 is 10.2. The zero-order valence-electron chi connectivity index (χ0n) is 16.1. The minimum Gasteiger partial charge on any atom is -0.444 e. The first kappa shape index (κ1) is 25.9. The molecular formula is C17H19Cl5N2O5. The van der Waals surface area contributed by atoms with Crippen molar-refractivity contribution in [2.24, 2.45) is 0 Å². The van der Waals surface area contributed by atoms with Crippen molar-refractivity contribution >= 4 is 76.0 Å². The molecule has 0 saturated carbocycles. The van der Waals surface area contributed by atoms with Gasteiger partial charge in [0.1, 0.15) is 27.7 Å². The van der Waals surface area contributed by atoms with Crippen LogP contribution in [0.1, 0.15) is 34.6 Å². The molecule has 0 bridgehead atoms. The van der Waals surface area contributed by atoms with Crippen molar-refractivity contribution < 1.29 is 23.9 Å². The number of nitrogens with one attached hydrogen (secondary N) is 2. The van der Waals surface area contributed by atoms with E-state index >= 15 is 0 Å². The van der Waals surface area contributed by atoms with E-state index in [9.17, 15) is 14.4 Å². The van der Waals surface area contributed by atoms with Crippen LogP contribution in [0.15, 0.2) is 0 Å². The Hall–Kier alpha value is -1.12. The third kappa shape index (κ3) is 7.26. The van der Waals surface area contributed by atoms with E-state index < -0.39 is 35.7 Å². The number of alkyl carbamates (subject to hydrolysis) is 1. The Balaban J connectivity index is 2.79. The maximum atomic E-state index is 12.3. The van der Waals surface area contributed by atoms with Gasteiger partial charge in [0.25, 0.3) is 0 Å². The lowest BCUT2D eigenvalue weighted by Gasteiger charge is -2.22. The van der Waals surface area contributed by atoms with Crippen LogP contribution in [0.3, 0.4) is 0 Å². The van der Waals surface area contributed by atoms with Crippen molar-refractivity contribution in [3.05, 3.63) is 25.1 Å². The Morgan fingerprint density at radius 3 is 1.69 bits per heavy atom. The van der Waals surface area contributed by atoms with E-state index in [1.807, 2.05) is 0 Å². The standard InChI is InChI=1S/C17H19Cl5N2O5/c1-6(24-16(27)29-17(3,4)5)14(25)23-7(2)15(26)28-13-11(21)9(19)8(18)10(20)12(13)22/h6-7H,1-5H3,(H,23,25)(H,24,27)/t6-,7-/m1/s1. The smallest absolute Gasteiger partial charge is 0.408 e. The normalized spacial score (nSPS) is 13.3. The Morgan fingerprint density at radius 1 is 0.793 bits per heavy atom. The van der Waals surface area contributed by atoms with Gasteiger partial charge in [-0.15, -0.1) is 0 Å². The van der Waals surface area contributed by atoms with Crippen LogP contribution in [0.25, 0.3) is 0 Å². The van der Waals surface area contributed by atoms with Crippen LogP contribution in [0.4, 0.5) is 4.79 Å². The van der Waals surface area contributed by atoms with Gasteiger partial charge in [-0.3, -0.25) is 4.79 Å². The van der Waals surface area contributed by atoms with Crippen molar-refractivity contribution in [3.63, 3.8) is 0 Å². The van der Waals surface area contributed by atoms with Gasteiger partial charge in [-0.25, -0.2) is 9.59 Å². The van der Waals surface area contributed by atoms with Crippen LogP contribution in [-0.2, 0) is 14.3 Å². The summed E-state index contributed by atoms with van der Waals surface area (Å²) in [5.74, 6) is -1.84. The Bertz CT molecular complexity index is 796. The second-order valence-electron chi connectivity index (χ2n) is 6.92. The Kier molecular flexibility index (Phi) is 9.17. The zero-order chi connectivity index (χ0) is 22.7. The predicted octanol–water partition coefficient (Wildman–Crippen LogP) is 5.28. The van der Waals surface area contributed by atoms with Crippen LogP contribution in [0.5, 0.6) is 5.75 Å². The molecule has 7 nitrogen and oxygen atoms in total. The third-order valence-electron chi connectivity index (χ3n) is 3.21. The number of esters is 1. The first-order valence-electron chi connectivity index (χ1n) is 8.18. The first-order chi connectivity index (χ1) is 13.2. The molecule has 2 amide bonds. The molecule has 0 aliphatic carbocycles. The fourth-order valence-corrected chi connectivity index (χ4v) is 3.01. The summed E-state index contributed by atoms with van der Waals surface area (Å²) in [6.45, 7) is 7.83. The van der Waals surface area contributed by atoms with Gasteiger partial charge >= 0.3 is 12.1 Å². The van der Waals surface area contributed by atoms with Gasteiger partial charge in [0.2, 0.25) is 5.91 Å². The number of ether oxygens (including phenoxy) is 2. The molecule has 0 aliphatic heterocycles. The molecule has 1 aromatic carbocycles. The Labute approximate surface area is 193 Å². The van der Waals surface area contributed by atoms with Gasteiger partial charge in [-0.2, -0.15) is 0 Å². The highest BCUT2D eigenvalue weighted by Gasteiger charge is 2.27. The Morgan fingerprint density at radius 2 is 1.24 bits per heavy atom. The fraction of sp³-hybridized carbons (Fsp3) is 0.471. The number of hydrogen-bond acceptors (Lipinski definition) is 5. The molecule has 162 valence electrons. The molecule has 0 radical (unpaired) electrons. The average Bonchev–Trinajstić information content (AvgIpc) is 2.59. The minimum absolute atomic E-state index is 0.0912. The molecule has 12 heteroatoms. The van der Waals surface area contributed by atoms with E-state index in [2.05, 4.69) is 10.6 Å². The number of carbonyl (C=O) groups is 3. The number of amides is 2. The van der Waals surface area contributed by atoms with E-state index in [0.717, 1.165) is 0 Å². The summed E-state index contributed by atoms with van der Waals surface area (Å²) in [5.41, 5.74) is -0.725. The molecule has 1 rings (SSSR count). The molecule has 2 atom stereocenters. The molecule has 1 aromatic rings. The van der Waals surface area contributed by atoms with Gasteiger partial charge < -0.3 is 20.1 Å². The van der Waals surface area contributed by atoms with Crippen LogP contribution in [0.2, 0.25) is 25.1 Å². The average molecular weight is 509 g/mol. The molecule has 0 saturated heterocycles. The molecule has 0 aromatic heterocycles. The fourth-order valence-electron chi connectivity index (χ4n) is 1.81. The van der Waals surface area contributed by atoms with Gasteiger partial charge in [0.15, 0.2) is 5.75 Å². The van der Waals surface area contributed by atoms with E-state index in [-0.39, 0.29) is 30.9 Å². The highest BCUT2D eigenvalue weighted by Crippen LogP contribution is 2.48. The van der Waals surface area contributed by atoms with Gasteiger partial charge in [-0.1, -0.05) is 58.0 Å². The quantitative estimate of drug-likeness (QED) is 0.244. The molecule has 2 N–H and O–H groups in total. The van der Waals surface area contributed by atoms with Crippen molar-refractivity contribution in [3.8, 4) is 5.75 Å². The lowest BCUT2D eigenvalue weighted by molar-refractivity contribution is -0.139. The monoisotopic (exact) mass is 506 g/mol. The molecule has 29 heavy (non-hydrogen) atoms. The summed E-state index contributed by atoms with van der Waals surface area (Å²) in [5, 5.41) is 3.94. The third-order valence-corrected chi connectivity index (χ3v) is 5.45. The molecule has 0 aliphatic rings. The number of halogens is 5. The molecule has 0 unspecified atom stereocenters. The lowest BCUT2D eigenvalue weighted by atomic mass is 10.2. The topological polar surface area (TPSA) is 93.7 Å². The summed E-state index contributed by atoms with van der Waals surface area (Å²) >= 11 is 29.7. The van der Waals surface area contributed by atoms with Crippen LogP contribution < -0.4 is 15.4 Å². The van der Waals surface area contributed by atoms with E-state index in [0.29, 0.717) is 0 Å². The largest absolute Gasteiger partial charge is 0.444 e. The van der Waals surface area contributed by atoms with Gasteiger partial charge in [0, 0.05) is 0 Å². The van der Waals surface area contributed by atoms with E-state index in [4.69, 9.17) is 67.5 Å². The summed E-state index contributed by atoms with van der Waals surface area (Å²) in [6.07, 6.45) is -0.778. The second kappa shape index (κ2) is 10.3. The van der Waals surface area contributed by atoms with Gasteiger partial charge in [0.05, 0.1) is 15.1 Å². The van der Waals surface area contributed by atoms with E-state index in [1.165, 1.54) is 13.8 Å². The summed E-state index contributed by atoms with van der Waals surface area (Å²) in [7, 11) is 0. The zero-order valence-corrected chi connectivity index (χ0v) is 19.9. The van der Waals surface area contributed by atoms with Crippen molar-refractivity contribution in [1.82, 2.24) is 10.6 Å². The van der Waals surface area contributed by atoms with Crippen molar-refractivity contribution in [1.29, 1.82) is 0 Å². The molecule has 0 heterocycles. The lowest BCUT2D eigenvalue weighted by Crippen LogP contribution is -2.50. The number of carbonyl (C=O) groups excluding carboxylic acids is 3. The summed E-state index contributed by atoms with van der Waals surface area (Å²) in [4.78, 5) is 36.2. The van der Waals surface area contributed by atoms with Crippen molar-refractivity contribution in [2.45, 2.75) is 52.3 Å². The summed E-state index contributed by atoms with van der Waals surface area (Å²) in [6, 6.07) is -2.10. The molecular weight excluding hydrogens is 489 g/mol. The minimum atomic E-state index is -1.12. The number of hydrogen-bond donors (Lipinski definition) is 2. The number of rotatable bonds is 5. The van der Waals surface area contributed by atoms with Gasteiger partial charge in [-0.05, 0) is 34.6 Å². The molecule has 0 fully saturated rings. The van der Waals surface area contributed by atoms with Crippen LogP contribution >= 0.6 is 58.0 Å². The maximum absolute atomic E-state index is 12.3. The van der Waals surface area contributed by atoms with Crippen LogP contribution in [-0.4, -0.2) is 35.7 Å². The predicted molar refractivity (Wildman–Crippen MR) is 114 cm³/mol. The highest BCUT2D eigenvalue weighted by molar-refractivity contribution is 6.55. The number of benzene rings is 1. The second-order valence-corrected chi connectivity index (χ2v) is 8.81. The highest BCUT2D eigenvalue weighted by atomic mass is 35.5. The van der Waals surface area contributed by atoms with E-state index in [1.54, 1.807) is 20.8 Å². The van der Waals surface area contributed by atoms with Crippen molar-refractivity contribution in [2.75, 3.05) is 0 Å². The molecule has 0 spiro atoms. The van der Waals surface area contributed by atoms with Crippen LogP contribution in [0, 0.1) is 0 Å².